The molecule has 0 saturated heterocycles. The summed E-state index contributed by atoms with van der Waals surface area (Å²) in [7, 11) is 0. The fourth-order valence-electron chi connectivity index (χ4n) is 2.53. The first-order chi connectivity index (χ1) is 9.15. The highest BCUT2D eigenvalue weighted by Gasteiger charge is 2.18. The molecule has 19 heavy (non-hydrogen) atoms. The first-order valence-corrected chi connectivity index (χ1v) is 6.42. The van der Waals surface area contributed by atoms with Crippen molar-refractivity contribution < 1.29 is 13.9 Å². The van der Waals surface area contributed by atoms with Crippen molar-refractivity contribution in [3.8, 4) is 5.75 Å². The molecule has 0 aliphatic heterocycles. The fraction of sp³-hybridized carbons (Fsp3) is 0.333. The Morgan fingerprint density at radius 1 is 1.26 bits per heavy atom. The quantitative estimate of drug-likeness (QED) is 0.582. The van der Waals surface area contributed by atoms with Gasteiger partial charge < -0.3 is 9.15 Å². The second-order valence-electron chi connectivity index (χ2n) is 4.79. The van der Waals surface area contributed by atoms with Crippen LogP contribution >= 0.6 is 0 Å². The zero-order chi connectivity index (χ0) is 13.4. The average molecular weight is 258 g/mol. The second-order valence-corrected chi connectivity index (χ2v) is 4.79. The SMILES string of the molecule is CC(=O)Oc1ccc2oc3c(c(=O)c2c1)CCCC3. The number of fused-ring (bicyclic) bond motifs is 2. The molecule has 0 fully saturated rings. The molecule has 0 bridgehead atoms. The maximum absolute atomic E-state index is 12.4. The Balaban J connectivity index is 2.20. The molecule has 2 aromatic rings. The molecule has 1 aromatic heterocycles. The van der Waals surface area contributed by atoms with Gasteiger partial charge in [-0.15, -0.1) is 0 Å². The van der Waals surface area contributed by atoms with Crippen LogP contribution in [-0.4, -0.2) is 5.97 Å². The molecule has 0 atom stereocenters. The Bertz CT molecular complexity index is 712. The van der Waals surface area contributed by atoms with Gasteiger partial charge in [0.2, 0.25) is 0 Å². The lowest BCUT2D eigenvalue weighted by Gasteiger charge is -2.14. The van der Waals surface area contributed by atoms with Crippen LogP contribution in [0.2, 0.25) is 0 Å². The first-order valence-electron chi connectivity index (χ1n) is 6.42. The molecule has 0 saturated carbocycles. The average Bonchev–Trinajstić information content (AvgIpc) is 2.39. The van der Waals surface area contributed by atoms with Crippen LogP contribution in [0.3, 0.4) is 0 Å². The van der Waals surface area contributed by atoms with Crippen LogP contribution in [-0.2, 0) is 17.6 Å². The highest BCUT2D eigenvalue weighted by Crippen LogP contribution is 2.25. The molecule has 1 aromatic carbocycles. The van der Waals surface area contributed by atoms with E-state index in [1.165, 1.54) is 6.92 Å². The highest BCUT2D eigenvalue weighted by molar-refractivity contribution is 5.80. The minimum Gasteiger partial charge on any atom is -0.461 e. The number of benzene rings is 1. The Labute approximate surface area is 110 Å². The van der Waals surface area contributed by atoms with E-state index < -0.39 is 5.97 Å². The maximum Gasteiger partial charge on any atom is 0.308 e. The zero-order valence-electron chi connectivity index (χ0n) is 10.7. The van der Waals surface area contributed by atoms with E-state index in [9.17, 15) is 9.59 Å². The molecule has 1 heterocycles. The van der Waals surface area contributed by atoms with Crippen molar-refractivity contribution in [1.29, 1.82) is 0 Å². The van der Waals surface area contributed by atoms with E-state index in [0.717, 1.165) is 37.0 Å². The first kappa shape index (κ1) is 12.0. The Morgan fingerprint density at radius 2 is 2.05 bits per heavy atom. The predicted octanol–water partition coefficient (Wildman–Crippen LogP) is 2.60. The van der Waals surface area contributed by atoms with Crippen molar-refractivity contribution in [1.82, 2.24) is 0 Å². The number of ether oxygens (including phenoxy) is 1. The molecule has 4 nitrogen and oxygen atoms in total. The molecular weight excluding hydrogens is 244 g/mol. The summed E-state index contributed by atoms with van der Waals surface area (Å²) in [5.74, 6) is 0.786. The van der Waals surface area contributed by atoms with Crippen LogP contribution in [0.1, 0.15) is 31.1 Å². The van der Waals surface area contributed by atoms with Gasteiger partial charge in [0.05, 0.1) is 5.39 Å². The Hall–Kier alpha value is -2.10. The van der Waals surface area contributed by atoms with Crippen LogP contribution in [0.4, 0.5) is 0 Å². The van der Waals surface area contributed by atoms with Crippen molar-refractivity contribution in [3.63, 3.8) is 0 Å². The van der Waals surface area contributed by atoms with Gasteiger partial charge in [-0.2, -0.15) is 0 Å². The maximum atomic E-state index is 12.4. The summed E-state index contributed by atoms with van der Waals surface area (Å²) in [5.41, 5.74) is 1.34. The van der Waals surface area contributed by atoms with Gasteiger partial charge in [0.15, 0.2) is 5.43 Å². The van der Waals surface area contributed by atoms with Crippen LogP contribution in [0.5, 0.6) is 5.75 Å². The summed E-state index contributed by atoms with van der Waals surface area (Å²) in [4.78, 5) is 23.4. The highest BCUT2D eigenvalue weighted by atomic mass is 16.5. The molecule has 1 aliphatic rings. The lowest BCUT2D eigenvalue weighted by molar-refractivity contribution is -0.131. The number of aryl methyl sites for hydroxylation is 1. The summed E-state index contributed by atoms with van der Waals surface area (Å²) in [5, 5.41) is 0.486. The predicted molar refractivity (Wildman–Crippen MR) is 70.4 cm³/mol. The van der Waals surface area contributed by atoms with E-state index in [-0.39, 0.29) is 5.43 Å². The standard InChI is InChI=1S/C15H14O4/c1-9(16)18-10-6-7-14-12(8-10)15(17)11-4-2-3-5-13(11)19-14/h6-8H,2-5H2,1H3. The van der Waals surface area contributed by atoms with Crippen LogP contribution in [0.25, 0.3) is 11.0 Å². The smallest absolute Gasteiger partial charge is 0.308 e. The minimum atomic E-state index is -0.401. The van der Waals surface area contributed by atoms with E-state index >= 15 is 0 Å². The van der Waals surface area contributed by atoms with E-state index in [2.05, 4.69) is 0 Å². The van der Waals surface area contributed by atoms with Crippen LogP contribution < -0.4 is 10.2 Å². The van der Waals surface area contributed by atoms with E-state index in [4.69, 9.17) is 9.15 Å². The summed E-state index contributed by atoms with van der Waals surface area (Å²) in [6.07, 6.45) is 3.68. The largest absolute Gasteiger partial charge is 0.461 e. The summed E-state index contributed by atoms with van der Waals surface area (Å²) in [6, 6.07) is 4.91. The van der Waals surface area contributed by atoms with Crippen molar-refractivity contribution in [3.05, 3.63) is 39.7 Å². The number of carbonyl (C=O) groups excluding carboxylic acids is 1. The monoisotopic (exact) mass is 258 g/mol. The van der Waals surface area contributed by atoms with Gasteiger partial charge in [0.1, 0.15) is 17.1 Å². The molecule has 0 unspecified atom stereocenters. The summed E-state index contributed by atoms with van der Waals surface area (Å²) in [6.45, 7) is 1.33. The number of carbonyl (C=O) groups is 1. The molecule has 3 rings (SSSR count). The third-order valence-electron chi connectivity index (χ3n) is 3.38. The number of hydrogen-bond acceptors (Lipinski definition) is 4. The molecule has 0 amide bonds. The molecular formula is C15H14O4. The molecule has 0 N–H and O–H groups in total. The van der Waals surface area contributed by atoms with E-state index in [1.807, 2.05) is 0 Å². The number of rotatable bonds is 1. The summed E-state index contributed by atoms with van der Waals surface area (Å²) >= 11 is 0. The third-order valence-corrected chi connectivity index (χ3v) is 3.38. The topological polar surface area (TPSA) is 56.5 Å². The molecule has 4 heteroatoms. The Kier molecular flexibility index (Phi) is 2.85. The van der Waals surface area contributed by atoms with Crippen molar-refractivity contribution in [2.24, 2.45) is 0 Å². The molecule has 0 radical (unpaired) electrons. The normalized spacial score (nSPS) is 14.2. The third kappa shape index (κ3) is 2.14. The van der Waals surface area contributed by atoms with Crippen LogP contribution in [0.15, 0.2) is 27.4 Å². The van der Waals surface area contributed by atoms with Crippen molar-refractivity contribution in [2.45, 2.75) is 32.6 Å². The van der Waals surface area contributed by atoms with Gasteiger partial charge in [-0.1, -0.05) is 0 Å². The Morgan fingerprint density at radius 3 is 2.84 bits per heavy atom. The fourth-order valence-corrected chi connectivity index (χ4v) is 2.53. The van der Waals surface area contributed by atoms with E-state index in [0.29, 0.717) is 16.7 Å². The van der Waals surface area contributed by atoms with E-state index in [1.54, 1.807) is 18.2 Å². The van der Waals surface area contributed by atoms with Crippen molar-refractivity contribution in [2.75, 3.05) is 0 Å². The molecule has 98 valence electrons. The molecule has 0 spiro atoms. The number of esters is 1. The lowest BCUT2D eigenvalue weighted by Crippen LogP contribution is -2.16. The minimum absolute atomic E-state index is 0.00459. The van der Waals surface area contributed by atoms with Crippen molar-refractivity contribution >= 4 is 16.9 Å². The van der Waals surface area contributed by atoms with Gasteiger partial charge in [0.25, 0.3) is 0 Å². The second kappa shape index (κ2) is 4.53. The van der Waals surface area contributed by atoms with Gasteiger partial charge in [0, 0.05) is 18.9 Å². The van der Waals surface area contributed by atoms with Gasteiger partial charge in [-0.3, -0.25) is 9.59 Å². The molecule has 1 aliphatic carbocycles. The summed E-state index contributed by atoms with van der Waals surface area (Å²) < 4.78 is 10.8. The van der Waals surface area contributed by atoms with Crippen LogP contribution in [0, 0.1) is 0 Å². The van der Waals surface area contributed by atoms with Gasteiger partial charge in [-0.25, -0.2) is 0 Å². The van der Waals surface area contributed by atoms with Gasteiger partial charge in [-0.05, 0) is 37.5 Å². The lowest BCUT2D eigenvalue weighted by atomic mass is 9.96. The zero-order valence-corrected chi connectivity index (χ0v) is 10.7. The number of hydrogen-bond donors (Lipinski definition) is 0. The van der Waals surface area contributed by atoms with Gasteiger partial charge >= 0.3 is 5.97 Å².